The minimum Gasteiger partial charge on any atom is -0.368 e. The molecule has 0 aromatic carbocycles. The maximum Gasteiger partial charge on any atom is 0.222 e. The summed E-state index contributed by atoms with van der Waals surface area (Å²) < 4.78 is 4.72. The van der Waals surface area contributed by atoms with Gasteiger partial charge in [-0.25, -0.2) is 0 Å². The standard InChI is InChI=1S/C7H12N2O/c1-3-5(2)6-4-7(8)10-9-6/h4-5H,3,8H2,1-2H3. The Morgan fingerprint density at radius 2 is 2.50 bits per heavy atom. The molecule has 0 aliphatic heterocycles. The molecule has 2 N–H and O–H groups in total. The van der Waals surface area contributed by atoms with Crippen molar-refractivity contribution < 1.29 is 4.52 Å². The summed E-state index contributed by atoms with van der Waals surface area (Å²) in [6.45, 7) is 4.20. The van der Waals surface area contributed by atoms with Crippen molar-refractivity contribution in [3.63, 3.8) is 0 Å². The normalized spacial score (nSPS) is 13.4. The van der Waals surface area contributed by atoms with Crippen molar-refractivity contribution in [1.82, 2.24) is 5.16 Å². The van der Waals surface area contributed by atoms with E-state index >= 15 is 0 Å². The second kappa shape index (κ2) is 2.73. The lowest BCUT2D eigenvalue weighted by Crippen LogP contribution is -1.89. The number of nitrogen functional groups attached to an aromatic ring is 1. The van der Waals surface area contributed by atoms with Gasteiger partial charge in [0, 0.05) is 12.0 Å². The lowest BCUT2D eigenvalue weighted by atomic mass is 10.1. The molecule has 10 heavy (non-hydrogen) atoms. The van der Waals surface area contributed by atoms with Crippen LogP contribution in [0, 0.1) is 0 Å². The zero-order valence-electron chi connectivity index (χ0n) is 6.29. The highest BCUT2D eigenvalue weighted by Gasteiger charge is 2.06. The van der Waals surface area contributed by atoms with E-state index in [9.17, 15) is 0 Å². The Hall–Kier alpha value is -0.990. The van der Waals surface area contributed by atoms with Crippen LogP contribution in [-0.4, -0.2) is 5.16 Å². The molecular weight excluding hydrogens is 128 g/mol. The fraction of sp³-hybridized carbons (Fsp3) is 0.571. The van der Waals surface area contributed by atoms with Crippen LogP contribution in [0.15, 0.2) is 10.6 Å². The average Bonchev–Trinajstić information content (AvgIpc) is 2.34. The SMILES string of the molecule is CCC(C)c1cc(N)on1. The fourth-order valence-electron chi connectivity index (χ4n) is 0.745. The lowest BCUT2D eigenvalue weighted by Gasteiger charge is -1.99. The minimum atomic E-state index is 0.398. The molecule has 1 heterocycles. The van der Waals surface area contributed by atoms with Crippen LogP contribution in [0.2, 0.25) is 0 Å². The summed E-state index contributed by atoms with van der Waals surface area (Å²) in [5.74, 6) is 0.844. The summed E-state index contributed by atoms with van der Waals surface area (Å²) in [5.41, 5.74) is 6.29. The Balaban J connectivity index is 2.74. The number of hydrogen-bond donors (Lipinski definition) is 1. The zero-order valence-corrected chi connectivity index (χ0v) is 6.29. The average molecular weight is 140 g/mol. The molecule has 0 fully saturated rings. The highest BCUT2D eigenvalue weighted by atomic mass is 16.5. The molecule has 3 nitrogen and oxygen atoms in total. The van der Waals surface area contributed by atoms with Crippen LogP contribution in [0.5, 0.6) is 0 Å². The first-order valence-electron chi connectivity index (χ1n) is 3.46. The van der Waals surface area contributed by atoms with Gasteiger partial charge in [-0.1, -0.05) is 19.0 Å². The van der Waals surface area contributed by atoms with Gasteiger partial charge in [-0.05, 0) is 6.42 Å². The van der Waals surface area contributed by atoms with Crippen LogP contribution >= 0.6 is 0 Å². The zero-order chi connectivity index (χ0) is 7.56. The van der Waals surface area contributed by atoms with Gasteiger partial charge in [-0.3, -0.25) is 0 Å². The molecule has 1 atom stereocenters. The number of anilines is 1. The van der Waals surface area contributed by atoms with Gasteiger partial charge < -0.3 is 10.3 Å². The molecule has 0 aliphatic rings. The van der Waals surface area contributed by atoms with Crippen LogP contribution < -0.4 is 5.73 Å². The van der Waals surface area contributed by atoms with Gasteiger partial charge in [-0.2, -0.15) is 0 Å². The first-order chi connectivity index (χ1) is 4.74. The van der Waals surface area contributed by atoms with Crippen molar-refractivity contribution >= 4 is 5.88 Å². The van der Waals surface area contributed by atoms with Crippen molar-refractivity contribution in [3.8, 4) is 0 Å². The Morgan fingerprint density at radius 3 is 2.90 bits per heavy atom. The second-order valence-electron chi connectivity index (χ2n) is 2.46. The minimum absolute atomic E-state index is 0.398. The van der Waals surface area contributed by atoms with E-state index in [1.54, 1.807) is 6.07 Å². The summed E-state index contributed by atoms with van der Waals surface area (Å²) >= 11 is 0. The molecule has 1 rings (SSSR count). The van der Waals surface area contributed by atoms with Gasteiger partial charge in [0.05, 0.1) is 5.69 Å². The number of rotatable bonds is 2. The van der Waals surface area contributed by atoms with E-state index in [-0.39, 0.29) is 0 Å². The summed E-state index contributed by atoms with van der Waals surface area (Å²) in [4.78, 5) is 0. The van der Waals surface area contributed by atoms with E-state index in [0.29, 0.717) is 11.8 Å². The molecule has 1 unspecified atom stereocenters. The molecule has 0 bridgehead atoms. The van der Waals surface area contributed by atoms with Crippen LogP contribution in [0.1, 0.15) is 31.9 Å². The molecule has 1 aromatic rings. The first-order valence-corrected chi connectivity index (χ1v) is 3.46. The van der Waals surface area contributed by atoms with Gasteiger partial charge in [0.2, 0.25) is 5.88 Å². The van der Waals surface area contributed by atoms with Crippen LogP contribution in [0.4, 0.5) is 5.88 Å². The number of aromatic nitrogens is 1. The van der Waals surface area contributed by atoms with Crippen LogP contribution in [0.3, 0.4) is 0 Å². The van der Waals surface area contributed by atoms with E-state index in [4.69, 9.17) is 10.3 Å². The molecule has 1 aromatic heterocycles. The maximum atomic E-state index is 5.34. The summed E-state index contributed by atoms with van der Waals surface area (Å²) in [5, 5.41) is 3.79. The van der Waals surface area contributed by atoms with E-state index in [1.807, 2.05) is 0 Å². The molecule has 0 aliphatic carbocycles. The fourth-order valence-corrected chi connectivity index (χ4v) is 0.745. The number of nitrogens with zero attached hydrogens (tertiary/aromatic N) is 1. The third-order valence-electron chi connectivity index (χ3n) is 1.66. The van der Waals surface area contributed by atoms with Crippen molar-refractivity contribution in [2.45, 2.75) is 26.2 Å². The Morgan fingerprint density at radius 1 is 1.80 bits per heavy atom. The smallest absolute Gasteiger partial charge is 0.222 e. The molecule has 56 valence electrons. The topological polar surface area (TPSA) is 52.0 Å². The highest BCUT2D eigenvalue weighted by molar-refractivity contribution is 5.25. The highest BCUT2D eigenvalue weighted by Crippen LogP contribution is 2.18. The van der Waals surface area contributed by atoms with Gasteiger partial charge in [0.15, 0.2) is 0 Å². The van der Waals surface area contributed by atoms with Crippen molar-refractivity contribution in [2.75, 3.05) is 5.73 Å². The third kappa shape index (κ3) is 1.29. The quantitative estimate of drug-likeness (QED) is 0.681. The molecule has 0 saturated carbocycles. The van der Waals surface area contributed by atoms with Gasteiger partial charge in [0.1, 0.15) is 0 Å². The summed E-state index contributed by atoms with van der Waals surface area (Å²) in [6.07, 6.45) is 1.06. The Labute approximate surface area is 60.2 Å². The molecule has 0 amide bonds. The third-order valence-corrected chi connectivity index (χ3v) is 1.66. The maximum absolute atomic E-state index is 5.34. The first kappa shape index (κ1) is 7.12. The number of hydrogen-bond acceptors (Lipinski definition) is 3. The number of nitrogens with two attached hydrogens (primary N) is 1. The van der Waals surface area contributed by atoms with Crippen molar-refractivity contribution in [2.24, 2.45) is 0 Å². The largest absolute Gasteiger partial charge is 0.368 e. The monoisotopic (exact) mass is 140 g/mol. The molecule has 0 saturated heterocycles. The predicted octanol–water partition coefficient (Wildman–Crippen LogP) is 1.77. The Bertz CT molecular complexity index is 207. The van der Waals surface area contributed by atoms with Crippen molar-refractivity contribution in [3.05, 3.63) is 11.8 Å². The Kier molecular flexibility index (Phi) is 1.94. The van der Waals surface area contributed by atoms with Gasteiger partial charge in [-0.15, -0.1) is 0 Å². The van der Waals surface area contributed by atoms with Crippen LogP contribution in [-0.2, 0) is 0 Å². The molecule has 0 spiro atoms. The van der Waals surface area contributed by atoms with Crippen LogP contribution in [0.25, 0.3) is 0 Å². The predicted molar refractivity (Wildman–Crippen MR) is 39.6 cm³/mol. The lowest BCUT2D eigenvalue weighted by molar-refractivity contribution is 0.421. The van der Waals surface area contributed by atoms with E-state index in [1.165, 1.54) is 0 Å². The van der Waals surface area contributed by atoms with Gasteiger partial charge in [0.25, 0.3) is 0 Å². The molecule has 3 heteroatoms. The molecule has 0 radical (unpaired) electrons. The molecular formula is C7H12N2O. The van der Waals surface area contributed by atoms with E-state index in [2.05, 4.69) is 19.0 Å². The van der Waals surface area contributed by atoms with Crippen molar-refractivity contribution in [1.29, 1.82) is 0 Å². The van der Waals surface area contributed by atoms with E-state index < -0.39 is 0 Å². The van der Waals surface area contributed by atoms with E-state index in [0.717, 1.165) is 12.1 Å². The summed E-state index contributed by atoms with van der Waals surface area (Å²) in [7, 11) is 0. The second-order valence-corrected chi connectivity index (χ2v) is 2.46. The summed E-state index contributed by atoms with van der Waals surface area (Å²) in [6, 6.07) is 1.77. The van der Waals surface area contributed by atoms with Gasteiger partial charge >= 0.3 is 0 Å².